The normalized spacial score (nSPS) is 19.3. The van der Waals surface area contributed by atoms with Crippen LogP contribution in [0.25, 0.3) is 0 Å². The fourth-order valence-corrected chi connectivity index (χ4v) is 1.96. The Labute approximate surface area is 107 Å². The van der Waals surface area contributed by atoms with Crippen molar-refractivity contribution in [1.29, 1.82) is 0 Å². The third kappa shape index (κ3) is 2.81. The Hall–Kier alpha value is -1.58. The van der Waals surface area contributed by atoms with Gasteiger partial charge in [0, 0.05) is 6.54 Å². The van der Waals surface area contributed by atoms with Crippen molar-refractivity contribution >= 4 is 6.09 Å². The molecule has 1 fully saturated rings. The quantitative estimate of drug-likeness (QED) is 0.764. The summed E-state index contributed by atoms with van der Waals surface area (Å²) < 4.78 is 18.2. The number of benzene rings is 1. The van der Waals surface area contributed by atoms with Crippen molar-refractivity contribution < 1.29 is 13.9 Å². The minimum Gasteiger partial charge on any atom is -0.444 e. The molecule has 1 amide bonds. The molecular weight excluding hydrogens is 233 g/mol. The Kier molecular flexibility index (Phi) is 3.28. The van der Waals surface area contributed by atoms with Crippen molar-refractivity contribution in [3.8, 4) is 0 Å². The number of amides is 1. The second-order valence-electron chi connectivity index (χ2n) is 5.53. The number of carbonyl (C=O) groups excluding carboxylic acids is 1. The lowest BCUT2D eigenvalue weighted by Gasteiger charge is -2.41. The van der Waals surface area contributed by atoms with Crippen LogP contribution in [0.15, 0.2) is 24.3 Å². The minimum atomic E-state index is -0.486. The number of hydrogen-bond donors (Lipinski definition) is 0. The Morgan fingerprint density at radius 2 is 1.94 bits per heavy atom. The second-order valence-corrected chi connectivity index (χ2v) is 5.53. The summed E-state index contributed by atoms with van der Waals surface area (Å²) in [5.74, 6) is -0.262. The van der Waals surface area contributed by atoms with E-state index in [1.807, 2.05) is 20.8 Å². The van der Waals surface area contributed by atoms with Gasteiger partial charge in [-0.15, -0.1) is 0 Å². The standard InChI is InChI=1S/C14H18FNO2/c1-14(2,3)18-13(17)16-9-8-12(16)10-4-6-11(15)7-5-10/h4-7,12H,8-9H2,1-3H3. The summed E-state index contributed by atoms with van der Waals surface area (Å²) in [6.45, 7) is 6.23. The number of carbonyl (C=O) groups is 1. The predicted molar refractivity (Wildman–Crippen MR) is 66.7 cm³/mol. The smallest absolute Gasteiger partial charge is 0.410 e. The number of halogens is 1. The molecule has 1 aliphatic rings. The molecule has 98 valence electrons. The number of rotatable bonds is 1. The average molecular weight is 251 g/mol. The average Bonchev–Trinajstić information content (AvgIpc) is 2.16. The number of ether oxygens (including phenoxy) is 1. The Balaban J connectivity index is 2.04. The van der Waals surface area contributed by atoms with Crippen LogP contribution in [0, 0.1) is 5.82 Å². The molecule has 1 aliphatic heterocycles. The van der Waals surface area contributed by atoms with Crippen LogP contribution >= 0.6 is 0 Å². The van der Waals surface area contributed by atoms with Crippen molar-refractivity contribution in [3.05, 3.63) is 35.6 Å². The third-order valence-electron chi connectivity index (χ3n) is 2.90. The predicted octanol–water partition coefficient (Wildman–Crippen LogP) is 3.51. The highest BCUT2D eigenvalue weighted by molar-refractivity contribution is 5.70. The molecule has 1 aromatic carbocycles. The van der Waals surface area contributed by atoms with Crippen molar-refractivity contribution in [3.63, 3.8) is 0 Å². The molecule has 3 nitrogen and oxygen atoms in total. The molecule has 0 bridgehead atoms. The highest BCUT2D eigenvalue weighted by Crippen LogP contribution is 2.34. The van der Waals surface area contributed by atoms with Crippen LogP contribution in [-0.4, -0.2) is 23.1 Å². The van der Waals surface area contributed by atoms with Crippen LogP contribution in [0.3, 0.4) is 0 Å². The first-order valence-corrected chi connectivity index (χ1v) is 6.12. The zero-order chi connectivity index (χ0) is 13.3. The first-order valence-electron chi connectivity index (χ1n) is 6.12. The number of hydrogen-bond acceptors (Lipinski definition) is 2. The van der Waals surface area contributed by atoms with Crippen LogP contribution in [0.2, 0.25) is 0 Å². The maximum atomic E-state index is 12.8. The van der Waals surface area contributed by atoms with Crippen molar-refractivity contribution in [2.24, 2.45) is 0 Å². The lowest BCUT2D eigenvalue weighted by molar-refractivity contribution is -0.00574. The number of likely N-dealkylation sites (tertiary alicyclic amines) is 1. The Morgan fingerprint density at radius 3 is 2.39 bits per heavy atom. The van der Waals surface area contributed by atoms with Crippen LogP contribution in [-0.2, 0) is 4.74 Å². The molecular formula is C14H18FNO2. The first kappa shape index (κ1) is 12.9. The van der Waals surface area contributed by atoms with E-state index in [-0.39, 0.29) is 18.0 Å². The van der Waals surface area contributed by atoms with Crippen LogP contribution in [0.1, 0.15) is 38.8 Å². The van der Waals surface area contributed by atoms with E-state index in [4.69, 9.17) is 4.74 Å². The molecule has 0 N–H and O–H groups in total. The van der Waals surface area contributed by atoms with Gasteiger partial charge in [-0.25, -0.2) is 9.18 Å². The number of nitrogens with zero attached hydrogens (tertiary/aromatic N) is 1. The third-order valence-corrected chi connectivity index (χ3v) is 2.90. The molecule has 0 saturated carbocycles. The summed E-state index contributed by atoms with van der Waals surface area (Å²) in [5, 5.41) is 0. The van der Waals surface area contributed by atoms with Crippen LogP contribution < -0.4 is 0 Å². The molecule has 4 heteroatoms. The van der Waals surface area contributed by atoms with Gasteiger partial charge in [0.15, 0.2) is 0 Å². The van der Waals surface area contributed by atoms with Crippen molar-refractivity contribution in [1.82, 2.24) is 4.90 Å². The van der Waals surface area contributed by atoms with Gasteiger partial charge >= 0.3 is 6.09 Å². The SMILES string of the molecule is CC(C)(C)OC(=O)N1CCC1c1ccc(F)cc1. The monoisotopic (exact) mass is 251 g/mol. The van der Waals surface area contributed by atoms with Gasteiger partial charge in [-0.1, -0.05) is 12.1 Å². The molecule has 1 saturated heterocycles. The molecule has 1 heterocycles. The van der Waals surface area contributed by atoms with Gasteiger partial charge in [-0.2, -0.15) is 0 Å². The highest BCUT2D eigenvalue weighted by atomic mass is 19.1. The van der Waals surface area contributed by atoms with Gasteiger partial charge in [0.05, 0.1) is 6.04 Å². The zero-order valence-electron chi connectivity index (χ0n) is 10.9. The molecule has 18 heavy (non-hydrogen) atoms. The van der Waals surface area contributed by atoms with Crippen LogP contribution in [0.4, 0.5) is 9.18 Å². The fraction of sp³-hybridized carbons (Fsp3) is 0.500. The second kappa shape index (κ2) is 4.59. The van der Waals surface area contributed by atoms with Gasteiger partial charge in [0.1, 0.15) is 11.4 Å². The molecule has 1 aromatic rings. The van der Waals surface area contributed by atoms with E-state index >= 15 is 0 Å². The maximum absolute atomic E-state index is 12.8. The van der Waals surface area contributed by atoms with Crippen molar-refractivity contribution in [2.75, 3.05) is 6.54 Å². The summed E-state index contributed by atoms with van der Waals surface area (Å²) in [4.78, 5) is 13.6. The van der Waals surface area contributed by atoms with E-state index in [9.17, 15) is 9.18 Å². The van der Waals surface area contributed by atoms with Gasteiger partial charge < -0.3 is 9.64 Å². The maximum Gasteiger partial charge on any atom is 0.410 e. The van der Waals surface area contributed by atoms with Crippen molar-refractivity contribution in [2.45, 2.75) is 38.8 Å². The molecule has 2 rings (SSSR count). The molecule has 0 spiro atoms. The topological polar surface area (TPSA) is 29.5 Å². The van der Waals surface area contributed by atoms with E-state index in [1.54, 1.807) is 17.0 Å². The lowest BCUT2D eigenvalue weighted by Crippen LogP contribution is -2.47. The van der Waals surface area contributed by atoms with Gasteiger partial charge in [0.2, 0.25) is 0 Å². The summed E-state index contributed by atoms with van der Waals surface area (Å²) in [6.07, 6.45) is 0.591. The van der Waals surface area contributed by atoms with E-state index in [0.29, 0.717) is 6.54 Å². The summed E-state index contributed by atoms with van der Waals surface area (Å²) >= 11 is 0. The molecule has 0 aromatic heterocycles. The fourth-order valence-electron chi connectivity index (χ4n) is 1.96. The van der Waals surface area contributed by atoms with Crippen LogP contribution in [0.5, 0.6) is 0 Å². The molecule has 0 radical (unpaired) electrons. The molecule has 1 atom stereocenters. The Morgan fingerprint density at radius 1 is 1.33 bits per heavy atom. The highest BCUT2D eigenvalue weighted by Gasteiger charge is 2.36. The van der Waals surface area contributed by atoms with Gasteiger partial charge in [0.25, 0.3) is 0 Å². The summed E-state index contributed by atoms with van der Waals surface area (Å²) in [7, 11) is 0. The van der Waals surface area contributed by atoms with E-state index in [2.05, 4.69) is 0 Å². The van der Waals surface area contributed by atoms with E-state index in [0.717, 1.165) is 12.0 Å². The summed E-state index contributed by atoms with van der Waals surface area (Å²) in [5.41, 5.74) is 0.466. The zero-order valence-corrected chi connectivity index (χ0v) is 10.9. The minimum absolute atomic E-state index is 0.0143. The lowest BCUT2D eigenvalue weighted by atomic mass is 9.95. The first-order chi connectivity index (χ1) is 8.37. The Bertz CT molecular complexity index is 436. The molecule has 0 aliphatic carbocycles. The van der Waals surface area contributed by atoms with E-state index in [1.165, 1.54) is 12.1 Å². The summed E-state index contributed by atoms with van der Waals surface area (Å²) in [6, 6.07) is 6.29. The van der Waals surface area contributed by atoms with E-state index < -0.39 is 5.60 Å². The van der Waals surface area contributed by atoms with Gasteiger partial charge in [-0.3, -0.25) is 0 Å². The molecule has 1 unspecified atom stereocenters. The largest absolute Gasteiger partial charge is 0.444 e. The van der Waals surface area contributed by atoms with Gasteiger partial charge in [-0.05, 0) is 44.9 Å².